The molecule has 1 fully saturated rings. The van der Waals surface area contributed by atoms with Crippen molar-refractivity contribution in [2.45, 2.75) is 25.7 Å². The Morgan fingerprint density at radius 3 is 2.41 bits per heavy atom. The van der Waals surface area contributed by atoms with Crippen molar-refractivity contribution in [3.63, 3.8) is 0 Å². The lowest BCUT2D eigenvalue weighted by Gasteiger charge is -2.23. The van der Waals surface area contributed by atoms with Gasteiger partial charge in [0.1, 0.15) is 0 Å². The smallest absolute Gasteiger partial charge is 0.255 e. The van der Waals surface area contributed by atoms with Gasteiger partial charge in [0.15, 0.2) is 0 Å². The molecule has 0 aliphatic carbocycles. The van der Waals surface area contributed by atoms with Gasteiger partial charge in [0.2, 0.25) is 0 Å². The van der Waals surface area contributed by atoms with E-state index in [9.17, 15) is 4.79 Å². The highest BCUT2D eigenvalue weighted by molar-refractivity contribution is 6.05. The number of hydrogen-bond acceptors (Lipinski definition) is 2. The number of anilines is 1. The number of amides is 1. The minimum Gasteiger partial charge on any atom is -0.322 e. The van der Waals surface area contributed by atoms with Gasteiger partial charge < -0.3 is 10.6 Å². The van der Waals surface area contributed by atoms with Crippen molar-refractivity contribution in [3.8, 4) is 0 Å². The molecule has 2 N–H and O–H groups in total. The molecule has 0 unspecified atom stereocenters. The van der Waals surface area contributed by atoms with Gasteiger partial charge in [-0.15, -0.1) is 0 Å². The summed E-state index contributed by atoms with van der Waals surface area (Å²) in [6.45, 7) is 4.14. The zero-order chi connectivity index (χ0) is 15.4. The molecule has 2 aromatic rings. The number of carbonyl (C=O) groups excluding carboxylic acids is 1. The van der Waals surface area contributed by atoms with Crippen molar-refractivity contribution < 1.29 is 4.79 Å². The number of piperidine rings is 1. The Bertz CT molecular complexity index is 643. The SMILES string of the molecule is Cc1ccccc1C(=O)Nc1ccc(C2CCNCC2)cc1. The minimum absolute atomic E-state index is 0.0484. The number of carbonyl (C=O) groups is 1. The molecule has 0 saturated carbocycles. The summed E-state index contributed by atoms with van der Waals surface area (Å²) in [4.78, 5) is 12.3. The molecule has 0 aromatic heterocycles. The zero-order valence-corrected chi connectivity index (χ0v) is 12.9. The minimum atomic E-state index is -0.0484. The van der Waals surface area contributed by atoms with Crippen LogP contribution in [0.1, 0.15) is 40.2 Å². The van der Waals surface area contributed by atoms with Crippen molar-refractivity contribution in [1.82, 2.24) is 5.32 Å². The standard InChI is InChI=1S/C19H22N2O/c1-14-4-2-3-5-18(14)19(22)21-17-8-6-15(7-9-17)16-10-12-20-13-11-16/h2-9,16,20H,10-13H2,1H3,(H,21,22). The predicted octanol–water partition coefficient (Wildman–Crippen LogP) is 3.71. The van der Waals surface area contributed by atoms with Crippen molar-refractivity contribution in [1.29, 1.82) is 0 Å². The monoisotopic (exact) mass is 294 g/mol. The van der Waals surface area contributed by atoms with Gasteiger partial charge >= 0.3 is 0 Å². The molecule has 114 valence electrons. The van der Waals surface area contributed by atoms with Crippen molar-refractivity contribution in [2.24, 2.45) is 0 Å². The number of benzene rings is 2. The van der Waals surface area contributed by atoms with E-state index in [-0.39, 0.29) is 5.91 Å². The summed E-state index contributed by atoms with van der Waals surface area (Å²) >= 11 is 0. The second kappa shape index (κ2) is 6.75. The summed E-state index contributed by atoms with van der Waals surface area (Å²) in [5, 5.41) is 6.37. The molecule has 1 aliphatic heterocycles. The molecule has 3 heteroatoms. The van der Waals surface area contributed by atoms with Crippen LogP contribution in [0.5, 0.6) is 0 Å². The highest BCUT2D eigenvalue weighted by atomic mass is 16.1. The molecule has 1 heterocycles. The molecule has 0 radical (unpaired) electrons. The summed E-state index contributed by atoms with van der Waals surface area (Å²) in [7, 11) is 0. The Kier molecular flexibility index (Phi) is 4.54. The second-order valence-corrected chi connectivity index (χ2v) is 5.92. The van der Waals surface area contributed by atoms with Gasteiger partial charge in [-0.3, -0.25) is 4.79 Å². The Labute approximate surface area is 131 Å². The Morgan fingerprint density at radius 1 is 1.05 bits per heavy atom. The molecule has 3 nitrogen and oxygen atoms in total. The van der Waals surface area contributed by atoms with Crippen molar-refractivity contribution in [3.05, 3.63) is 65.2 Å². The first kappa shape index (κ1) is 14.8. The van der Waals surface area contributed by atoms with Crippen LogP contribution in [0.2, 0.25) is 0 Å². The zero-order valence-electron chi connectivity index (χ0n) is 12.9. The quantitative estimate of drug-likeness (QED) is 0.906. The normalized spacial score (nSPS) is 15.5. The molecule has 22 heavy (non-hydrogen) atoms. The van der Waals surface area contributed by atoms with Crippen LogP contribution in [0.15, 0.2) is 48.5 Å². The van der Waals surface area contributed by atoms with Crippen LogP contribution in [-0.4, -0.2) is 19.0 Å². The molecule has 1 saturated heterocycles. The molecule has 3 rings (SSSR count). The average Bonchev–Trinajstić information content (AvgIpc) is 2.57. The third-order valence-electron chi connectivity index (χ3n) is 4.37. The Morgan fingerprint density at radius 2 is 1.73 bits per heavy atom. The molecule has 0 spiro atoms. The van der Waals surface area contributed by atoms with Gasteiger partial charge in [-0.25, -0.2) is 0 Å². The van der Waals surface area contributed by atoms with Gasteiger partial charge in [0, 0.05) is 11.3 Å². The second-order valence-electron chi connectivity index (χ2n) is 5.92. The van der Waals surface area contributed by atoms with Gasteiger partial charge in [-0.05, 0) is 68.1 Å². The van der Waals surface area contributed by atoms with Gasteiger partial charge in [0.25, 0.3) is 5.91 Å². The lowest BCUT2D eigenvalue weighted by molar-refractivity contribution is 0.102. The largest absolute Gasteiger partial charge is 0.322 e. The predicted molar refractivity (Wildman–Crippen MR) is 90.4 cm³/mol. The lowest BCUT2D eigenvalue weighted by Crippen LogP contribution is -2.26. The first-order valence-electron chi connectivity index (χ1n) is 7.92. The van der Waals surface area contributed by atoms with Crippen LogP contribution < -0.4 is 10.6 Å². The van der Waals surface area contributed by atoms with Crippen LogP contribution in [0, 0.1) is 6.92 Å². The van der Waals surface area contributed by atoms with E-state index < -0.39 is 0 Å². The summed E-state index contributed by atoms with van der Waals surface area (Å²) in [5.74, 6) is 0.593. The molecular weight excluding hydrogens is 272 g/mol. The topological polar surface area (TPSA) is 41.1 Å². The van der Waals surface area contributed by atoms with Gasteiger partial charge in [0.05, 0.1) is 0 Å². The summed E-state index contributed by atoms with van der Waals surface area (Å²) in [6.07, 6.45) is 2.38. The molecule has 2 aromatic carbocycles. The highest BCUT2D eigenvalue weighted by Crippen LogP contribution is 2.26. The number of hydrogen-bond donors (Lipinski definition) is 2. The molecule has 0 bridgehead atoms. The summed E-state index contributed by atoms with van der Waals surface area (Å²) in [6, 6.07) is 15.9. The third kappa shape index (κ3) is 3.37. The maximum atomic E-state index is 12.3. The fourth-order valence-electron chi connectivity index (χ4n) is 3.02. The van der Waals surface area contributed by atoms with E-state index in [2.05, 4.69) is 22.8 Å². The van der Waals surface area contributed by atoms with E-state index in [4.69, 9.17) is 0 Å². The van der Waals surface area contributed by atoms with Crippen LogP contribution in [-0.2, 0) is 0 Å². The van der Waals surface area contributed by atoms with Crippen LogP contribution >= 0.6 is 0 Å². The first-order chi connectivity index (χ1) is 10.7. The Balaban J connectivity index is 1.68. The maximum Gasteiger partial charge on any atom is 0.255 e. The summed E-state index contributed by atoms with van der Waals surface area (Å²) < 4.78 is 0. The maximum absolute atomic E-state index is 12.3. The molecule has 0 atom stereocenters. The van der Waals surface area contributed by atoms with E-state index in [0.29, 0.717) is 5.92 Å². The molecular formula is C19H22N2O. The fraction of sp³-hybridized carbons (Fsp3) is 0.316. The fourth-order valence-corrected chi connectivity index (χ4v) is 3.02. The van der Waals surface area contributed by atoms with E-state index in [1.807, 2.05) is 43.3 Å². The summed E-state index contributed by atoms with van der Waals surface area (Å²) in [5.41, 5.74) is 3.94. The van der Waals surface area contributed by atoms with Crippen LogP contribution in [0.4, 0.5) is 5.69 Å². The number of rotatable bonds is 3. The van der Waals surface area contributed by atoms with Crippen molar-refractivity contribution >= 4 is 11.6 Å². The van der Waals surface area contributed by atoms with E-state index >= 15 is 0 Å². The number of nitrogens with one attached hydrogen (secondary N) is 2. The molecule has 1 aliphatic rings. The first-order valence-corrected chi connectivity index (χ1v) is 7.92. The van der Waals surface area contributed by atoms with Gasteiger partial charge in [-0.2, -0.15) is 0 Å². The Hall–Kier alpha value is -2.13. The number of aryl methyl sites for hydroxylation is 1. The average molecular weight is 294 g/mol. The van der Waals surface area contributed by atoms with Crippen LogP contribution in [0.25, 0.3) is 0 Å². The van der Waals surface area contributed by atoms with Crippen LogP contribution in [0.3, 0.4) is 0 Å². The van der Waals surface area contributed by atoms with E-state index in [0.717, 1.165) is 29.9 Å². The van der Waals surface area contributed by atoms with Gasteiger partial charge in [-0.1, -0.05) is 30.3 Å². The van der Waals surface area contributed by atoms with E-state index in [1.54, 1.807) is 0 Å². The lowest BCUT2D eigenvalue weighted by atomic mass is 9.90. The molecule has 1 amide bonds. The van der Waals surface area contributed by atoms with Crippen molar-refractivity contribution in [2.75, 3.05) is 18.4 Å². The third-order valence-corrected chi connectivity index (χ3v) is 4.37. The highest BCUT2D eigenvalue weighted by Gasteiger charge is 2.15. The van der Waals surface area contributed by atoms with E-state index in [1.165, 1.54) is 18.4 Å².